The SMILES string of the molecule is CC(CCN(C)C)n1cncc1C1CCCNC1. The number of rotatable bonds is 5. The first-order chi connectivity index (χ1) is 8.68. The lowest BCUT2D eigenvalue weighted by Gasteiger charge is -2.26. The number of imidazole rings is 1. The molecule has 1 fully saturated rings. The normalized spacial score (nSPS) is 22.3. The lowest BCUT2D eigenvalue weighted by molar-refractivity contribution is 0.347. The van der Waals surface area contributed by atoms with Gasteiger partial charge in [-0.05, 0) is 53.4 Å². The smallest absolute Gasteiger partial charge is 0.0950 e. The van der Waals surface area contributed by atoms with Crippen LogP contribution in [0.3, 0.4) is 0 Å². The minimum atomic E-state index is 0.534. The number of nitrogens with one attached hydrogen (secondary N) is 1. The monoisotopic (exact) mass is 250 g/mol. The van der Waals surface area contributed by atoms with Crippen molar-refractivity contribution in [1.82, 2.24) is 19.8 Å². The number of nitrogens with zero attached hydrogens (tertiary/aromatic N) is 3. The molecule has 0 amide bonds. The largest absolute Gasteiger partial charge is 0.331 e. The summed E-state index contributed by atoms with van der Waals surface area (Å²) in [6.07, 6.45) is 7.81. The topological polar surface area (TPSA) is 33.1 Å². The van der Waals surface area contributed by atoms with Gasteiger partial charge in [0, 0.05) is 30.4 Å². The molecule has 2 unspecified atom stereocenters. The van der Waals surface area contributed by atoms with Crippen LogP contribution in [0.25, 0.3) is 0 Å². The predicted octanol–water partition coefficient (Wildman–Crippen LogP) is 1.86. The van der Waals surface area contributed by atoms with Crippen molar-refractivity contribution in [2.75, 3.05) is 33.7 Å². The van der Waals surface area contributed by atoms with Gasteiger partial charge in [0.2, 0.25) is 0 Å². The van der Waals surface area contributed by atoms with Gasteiger partial charge in [0.1, 0.15) is 0 Å². The van der Waals surface area contributed by atoms with Gasteiger partial charge in [0.15, 0.2) is 0 Å². The first-order valence-electron chi connectivity index (χ1n) is 7.05. The van der Waals surface area contributed by atoms with Gasteiger partial charge in [0.05, 0.1) is 6.33 Å². The zero-order valence-electron chi connectivity index (χ0n) is 11.9. The number of hydrogen-bond donors (Lipinski definition) is 1. The first kappa shape index (κ1) is 13.6. The third kappa shape index (κ3) is 3.33. The molecule has 2 atom stereocenters. The van der Waals surface area contributed by atoms with Crippen LogP contribution in [0.1, 0.15) is 43.8 Å². The lowest BCUT2D eigenvalue weighted by atomic mass is 9.96. The summed E-state index contributed by atoms with van der Waals surface area (Å²) in [5.41, 5.74) is 1.41. The molecule has 1 N–H and O–H groups in total. The molecule has 2 rings (SSSR count). The van der Waals surface area contributed by atoms with Gasteiger partial charge in [-0.2, -0.15) is 0 Å². The van der Waals surface area contributed by atoms with Crippen molar-refractivity contribution in [1.29, 1.82) is 0 Å². The third-order valence-corrected chi connectivity index (χ3v) is 3.88. The van der Waals surface area contributed by atoms with E-state index in [0.29, 0.717) is 12.0 Å². The van der Waals surface area contributed by atoms with Crippen molar-refractivity contribution >= 4 is 0 Å². The molecule has 0 aliphatic carbocycles. The molecule has 2 heterocycles. The molecule has 1 saturated heterocycles. The Bertz CT molecular complexity index is 352. The molecular formula is C14H26N4. The maximum atomic E-state index is 4.37. The molecule has 1 aromatic heterocycles. The summed E-state index contributed by atoms with van der Waals surface area (Å²) < 4.78 is 2.38. The fourth-order valence-electron chi connectivity index (χ4n) is 2.69. The third-order valence-electron chi connectivity index (χ3n) is 3.88. The molecule has 0 bridgehead atoms. The molecule has 102 valence electrons. The van der Waals surface area contributed by atoms with Gasteiger partial charge in [0.25, 0.3) is 0 Å². The molecule has 1 aliphatic heterocycles. The second kappa shape index (κ2) is 6.34. The van der Waals surface area contributed by atoms with Crippen LogP contribution in [0.5, 0.6) is 0 Å². The van der Waals surface area contributed by atoms with Gasteiger partial charge in [-0.25, -0.2) is 4.98 Å². The van der Waals surface area contributed by atoms with Crippen LogP contribution >= 0.6 is 0 Å². The summed E-state index contributed by atoms with van der Waals surface area (Å²) in [4.78, 5) is 6.61. The Hall–Kier alpha value is -0.870. The maximum Gasteiger partial charge on any atom is 0.0950 e. The molecule has 0 aromatic carbocycles. The van der Waals surface area contributed by atoms with Gasteiger partial charge in [-0.3, -0.25) is 0 Å². The Balaban J connectivity index is 2.01. The summed E-state index contributed by atoms with van der Waals surface area (Å²) >= 11 is 0. The Labute approximate surface area is 110 Å². The number of aromatic nitrogens is 2. The molecule has 1 aromatic rings. The standard InChI is InChI=1S/C14H26N4/c1-12(6-8-17(2)3)18-11-16-10-14(18)13-5-4-7-15-9-13/h10-13,15H,4-9H2,1-3H3. The summed E-state index contributed by atoms with van der Waals surface area (Å²) in [6.45, 7) is 5.69. The fourth-order valence-corrected chi connectivity index (χ4v) is 2.69. The van der Waals surface area contributed by atoms with Crippen LogP contribution in [0.4, 0.5) is 0 Å². The van der Waals surface area contributed by atoms with Gasteiger partial charge in [-0.15, -0.1) is 0 Å². The van der Waals surface area contributed by atoms with Crippen molar-refractivity contribution in [3.63, 3.8) is 0 Å². The highest BCUT2D eigenvalue weighted by Crippen LogP contribution is 2.26. The average Bonchev–Trinajstić information content (AvgIpc) is 2.86. The maximum absolute atomic E-state index is 4.37. The molecule has 0 radical (unpaired) electrons. The highest BCUT2D eigenvalue weighted by Gasteiger charge is 2.20. The summed E-state index contributed by atoms with van der Waals surface area (Å²) in [5, 5.41) is 3.49. The van der Waals surface area contributed by atoms with E-state index in [1.807, 2.05) is 6.33 Å². The number of piperidine rings is 1. The van der Waals surface area contributed by atoms with Crippen molar-refractivity contribution in [2.24, 2.45) is 0 Å². The Morgan fingerprint density at radius 3 is 3.06 bits per heavy atom. The van der Waals surface area contributed by atoms with Crippen LogP contribution in [0.15, 0.2) is 12.5 Å². The Kier molecular flexibility index (Phi) is 4.78. The second-order valence-corrected chi connectivity index (χ2v) is 5.71. The van der Waals surface area contributed by atoms with E-state index in [0.717, 1.165) is 13.1 Å². The summed E-state index contributed by atoms with van der Waals surface area (Å²) in [6, 6.07) is 0.534. The highest BCUT2D eigenvalue weighted by molar-refractivity contribution is 5.09. The summed E-state index contributed by atoms with van der Waals surface area (Å²) in [7, 11) is 4.26. The average molecular weight is 250 g/mol. The van der Waals surface area contributed by atoms with Crippen molar-refractivity contribution in [3.05, 3.63) is 18.2 Å². The molecule has 18 heavy (non-hydrogen) atoms. The number of hydrogen-bond acceptors (Lipinski definition) is 3. The van der Waals surface area contributed by atoms with Gasteiger partial charge in [-0.1, -0.05) is 0 Å². The lowest BCUT2D eigenvalue weighted by Crippen LogP contribution is -2.30. The zero-order chi connectivity index (χ0) is 13.0. The minimum Gasteiger partial charge on any atom is -0.331 e. The van der Waals surface area contributed by atoms with E-state index in [9.17, 15) is 0 Å². The minimum absolute atomic E-state index is 0.534. The quantitative estimate of drug-likeness (QED) is 0.866. The predicted molar refractivity (Wildman–Crippen MR) is 75.0 cm³/mol. The van der Waals surface area contributed by atoms with E-state index in [1.54, 1.807) is 0 Å². The fraction of sp³-hybridized carbons (Fsp3) is 0.786. The Morgan fingerprint density at radius 1 is 1.56 bits per heavy atom. The Morgan fingerprint density at radius 2 is 2.39 bits per heavy atom. The van der Waals surface area contributed by atoms with Crippen molar-refractivity contribution < 1.29 is 0 Å². The van der Waals surface area contributed by atoms with E-state index in [-0.39, 0.29) is 0 Å². The van der Waals surface area contributed by atoms with Crippen LogP contribution in [0.2, 0.25) is 0 Å². The molecule has 1 aliphatic rings. The van der Waals surface area contributed by atoms with E-state index in [2.05, 4.69) is 47.0 Å². The summed E-state index contributed by atoms with van der Waals surface area (Å²) in [5.74, 6) is 0.642. The van der Waals surface area contributed by atoms with Gasteiger partial charge >= 0.3 is 0 Å². The van der Waals surface area contributed by atoms with E-state index in [4.69, 9.17) is 0 Å². The van der Waals surface area contributed by atoms with Crippen LogP contribution in [0, 0.1) is 0 Å². The van der Waals surface area contributed by atoms with Crippen LogP contribution in [-0.2, 0) is 0 Å². The van der Waals surface area contributed by atoms with E-state index in [1.165, 1.54) is 31.5 Å². The second-order valence-electron chi connectivity index (χ2n) is 5.71. The van der Waals surface area contributed by atoms with E-state index >= 15 is 0 Å². The molecule has 0 spiro atoms. The highest BCUT2D eigenvalue weighted by atomic mass is 15.1. The van der Waals surface area contributed by atoms with Crippen LogP contribution in [-0.4, -0.2) is 48.2 Å². The first-order valence-corrected chi connectivity index (χ1v) is 7.05. The zero-order valence-corrected chi connectivity index (χ0v) is 11.9. The molecule has 4 nitrogen and oxygen atoms in total. The van der Waals surface area contributed by atoms with Crippen molar-refractivity contribution in [3.8, 4) is 0 Å². The van der Waals surface area contributed by atoms with Gasteiger partial charge < -0.3 is 14.8 Å². The van der Waals surface area contributed by atoms with Crippen LogP contribution < -0.4 is 5.32 Å². The van der Waals surface area contributed by atoms with Crippen molar-refractivity contribution in [2.45, 2.75) is 38.1 Å². The van der Waals surface area contributed by atoms with E-state index < -0.39 is 0 Å². The molecule has 4 heteroatoms. The molecule has 0 saturated carbocycles. The molecular weight excluding hydrogens is 224 g/mol.